The van der Waals surface area contributed by atoms with Gasteiger partial charge in [-0.25, -0.2) is 0 Å². The minimum absolute atomic E-state index is 0.0305. The Morgan fingerprint density at radius 3 is 2.42 bits per heavy atom. The summed E-state index contributed by atoms with van der Waals surface area (Å²) in [4.78, 5) is 16.7. The Balaban J connectivity index is 1.99. The number of aromatic nitrogens is 1. The number of ketones is 1. The third-order valence-corrected chi connectivity index (χ3v) is 4.23. The Morgan fingerprint density at radius 2 is 1.79 bits per heavy atom. The van der Waals surface area contributed by atoms with E-state index in [1.54, 1.807) is 26.0 Å². The molecule has 1 aromatic carbocycles. The molecule has 0 aliphatic carbocycles. The number of carbonyl (C=O) groups excluding carboxylic acids is 1. The lowest BCUT2D eigenvalue weighted by Crippen LogP contribution is -2.30. The van der Waals surface area contributed by atoms with Crippen LogP contribution in [-0.4, -0.2) is 23.7 Å². The molecule has 5 nitrogen and oxygen atoms in total. The summed E-state index contributed by atoms with van der Waals surface area (Å²) in [5.41, 5.74) is 0.918. The molecule has 0 atom stereocenters. The Hall–Kier alpha value is -1.98. The Bertz CT molecular complexity index is 800. The van der Waals surface area contributed by atoms with Crippen molar-refractivity contribution in [1.29, 1.82) is 0 Å². The van der Waals surface area contributed by atoms with E-state index in [0.717, 1.165) is 0 Å². The van der Waals surface area contributed by atoms with Crippen molar-refractivity contribution in [1.82, 2.24) is 4.98 Å². The fourth-order valence-corrected chi connectivity index (χ4v) is 3.00. The van der Waals surface area contributed by atoms with Crippen molar-refractivity contribution in [3.8, 4) is 17.2 Å². The van der Waals surface area contributed by atoms with Crippen molar-refractivity contribution >= 4 is 29.0 Å². The molecule has 3 rings (SSSR count). The maximum atomic E-state index is 12.8. The van der Waals surface area contributed by atoms with E-state index < -0.39 is 5.79 Å². The van der Waals surface area contributed by atoms with Crippen molar-refractivity contribution in [2.24, 2.45) is 0 Å². The van der Waals surface area contributed by atoms with E-state index in [1.165, 1.54) is 19.5 Å². The van der Waals surface area contributed by atoms with Gasteiger partial charge >= 0.3 is 0 Å². The second-order valence-corrected chi connectivity index (χ2v) is 6.57. The average Bonchev–Trinajstić information content (AvgIpc) is 2.84. The smallest absolute Gasteiger partial charge is 0.246 e. The number of methoxy groups -OCH3 is 1. The molecule has 0 saturated heterocycles. The molecular formula is C17H15Cl2NO4. The maximum Gasteiger partial charge on any atom is 0.246 e. The van der Waals surface area contributed by atoms with E-state index in [1.807, 2.05) is 0 Å². The lowest BCUT2D eigenvalue weighted by Gasteiger charge is -2.16. The molecule has 0 bridgehead atoms. The van der Waals surface area contributed by atoms with Crippen molar-refractivity contribution in [3.05, 3.63) is 45.7 Å². The molecule has 126 valence electrons. The number of hydrogen-bond acceptors (Lipinski definition) is 5. The van der Waals surface area contributed by atoms with Gasteiger partial charge in [0.25, 0.3) is 0 Å². The third-order valence-electron chi connectivity index (χ3n) is 3.58. The summed E-state index contributed by atoms with van der Waals surface area (Å²) in [6.45, 7) is 3.52. The molecule has 0 radical (unpaired) electrons. The first-order valence-corrected chi connectivity index (χ1v) is 7.98. The quantitative estimate of drug-likeness (QED) is 0.752. The lowest BCUT2D eigenvalue weighted by atomic mass is 10.0. The molecule has 0 saturated carbocycles. The van der Waals surface area contributed by atoms with Crippen molar-refractivity contribution < 1.29 is 19.0 Å². The van der Waals surface area contributed by atoms with Crippen molar-refractivity contribution in [3.63, 3.8) is 0 Å². The van der Waals surface area contributed by atoms with E-state index in [2.05, 4.69) is 4.98 Å². The van der Waals surface area contributed by atoms with Gasteiger partial charge in [-0.1, -0.05) is 23.2 Å². The summed E-state index contributed by atoms with van der Waals surface area (Å²) < 4.78 is 16.8. The highest BCUT2D eigenvalue weighted by atomic mass is 35.5. The lowest BCUT2D eigenvalue weighted by molar-refractivity contribution is -0.0441. The fourth-order valence-electron chi connectivity index (χ4n) is 2.50. The van der Waals surface area contributed by atoms with Gasteiger partial charge in [-0.2, -0.15) is 0 Å². The normalized spacial score (nSPS) is 14.5. The Labute approximate surface area is 149 Å². The van der Waals surface area contributed by atoms with E-state index in [9.17, 15) is 4.79 Å². The molecule has 2 aromatic rings. The van der Waals surface area contributed by atoms with Gasteiger partial charge < -0.3 is 14.2 Å². The minimum Gasteiger partial charge on any atom is -0.493 e. The van der Waals surface area contributed by atoms with Crippen LogP contribution in [0.3, 0.4) is 0 Å². The summed E-state index contributed by atoms with van der Waals surface area (Å²) in [6, 6.07) is 3.32. The van der Waals surface area contributed by atoms with E-state index >= 15 is 0 Å². The summed E-state index contributed by atoms with van der Waals surface area (Å²) in [5, 5.41) is 0.692. The molecule has 2 heterocycles. The molecule has 7 heteroatoms. The number of hydrogen-bond donors (Lipinski definition) is 0. The van der Waals surface area contributed by atoms with Crippen LogP contribution in [0.1, 0.15) is 29.8 Å². The number of fused-ring (bicyclic) bond motifs is 1. The monoisotopic (exact) mass is 367 g/mol. The second kappa shape index (κ2) is 6.15. The number of rotatable bonds is 4. The molecule has 1 aliphatic heterocycles. The van der Waals surface area contributed by atoms with Crippen LogP contribution >= 0.6 is 23.2 Å². The van der Waals surface area contributed by atoms with Gasteiger partial charge in [0, 0.05) is 38.2 Å². The van der Waals surface area contributed by atoms with Gasteiger partial charge in [-0.3, -0.25) is 9.78 Å². The van der Waals surface area contributed by atoms with Gasteiger partial charge in [-0.05, 0) is 12.1 Å². The average molecular weight is 368 g/mol. The Morgan fingerprint density at radius 1 is 1.17 bits per heavy atom. The highest BCUT2D eigenvalue weighted by Crippen LogP contribution is 2.48. The zero-order valence-corrected chi connectivity index (χ0v) is 14.9. The number of pyridine rings is 1. The highest BCUT2D eigenvalue weighted by Gasteiger charge is 2.37. The van der Waals surface area contributed by atoms with E-state index in [0.29, 0.717) is 38.4 Å². The predicted molar refractivity (Wildman–Crippen MR) is 90.6 cm³/mol. The number of carbonyl (C=O) groups is 1. The molecular weight excluding hydrogens is 353 g/mol. The van der Waals surface area contributed by atoms with Crippen LogP contribution < -0.4 is 14.2 Å². The fraction of sp³-hybridized carbons (Fsp3) is 0.294. The van der Waals surface area contributed by atoms with Crippen LogP contribution in [0.5, 0.6) is 17.2 Å². The summed E-state index contributed by atoms with van der Waals surface area (Å²) in [7, 11) is 1.53. The largest absolute Gasteiger partial charge is 0.493 e. The van der Waals surface area contributed by atoms with E-state index in [-0.39, 0.29) is 12.2 Å². The molecule has 1 aliphatic rings. The zero-order chi connectivity index (χ0) is 17.5. The predicted octanol–water partition coefficient (Wildman–Crippen LogP) is 4.33. The minimum atomic E-state index is -0.877. The van der Waals surface area contributed by atoms with Crippen molar-refractivity contribution in [2.75, 3.05) is 7.11 Å². The van der Waals surface area contributed by atoms with Crippen LogP contribution in [0.15, 0.2) is 24.5 Å². The van der Waals surface area contributed by atoms with Gasteiger partial charge in [0.1, 0.15) is 0 Å². The van der Waals surface area contributed by atoms with Gasteiger partial charge in [0.05, 0.1) is 22.7 Å². The first-order valence-electron chi connectivity index (χ1n) is 7.22. The number of Topliss-reactive ketones (excluding diaryl/α,β-unsaturated/α-hetero) is 1. The number of ether oxygens (including phenoxy) is 3. The summed E-state index contributed by atoms with van der Waals surface area (Å²) >= 11 is 12.2. The molecule has 0 spiro atoms. The standard InChI is InChI=1S/C17H15Cl2NO4/c1-17(2)23-15-9(4-5-14(22-3)16(15)24-17)13(21)6-10-11(18)7-20-8-12(10)19/h4-5,7-8H,6H2,1-3H3. The van der Waals surface area contributed by atoms with Crippen LogP contribution in [0.25, 0.3) is 0 Å². The summed E-state index contributed by atoms with van der Waals surface area (Å²) in [6.07, 6.45) is 2.94. The van der Waals surface area contributed by atoms with E-state index in [4.69, 9.17) is 37.4 Å². The molecule has 0 amide bonds. The maximum absolute atomic E-state index is 12.8. The molecule has 0 fully saturated rings. The molecule has 1 aromatic heterocycles. The molecule has 0 unspecified atom stereocenters. The SMILES string of the molecule is COc1ccc(C(=O)Cc2c(Cl)cncc2Cl)c2c1OC(C)(C)O2. The van der Waals surface area contributed by atoms with Gasteiger partial charge in [0.15, 0.2) is 17.3 Å². The number of benzene rings is 1. The van der Waals surface area contributed by atoms with Crippen LogP contribution in [0, 0.1) is 0 Å². The first-order chi connectivity index (χ1) is 11.3. The highest BCUT2D eigenvalue weighted by molar-refractivity contribution is 6.36. The summed E-state index contributed by atoms with van der Waals surface area (Å²) in [5.74, 6) is 0.223. The Kier molecular flexibility index (Phi) is 4.32. The van der Waals surface area contributed by atoms with Gasteiger partial charge in [-0.15, -0.1) is 0 Å². The first kappa shape index (κ1) is 16.9. The van der Waals surface area contributed by atoms with Crippen LogP contribution in [0.2, 0.25) is 10.0 Å². The topological polar surface area (TPSA) is 57.7 Å². The number of nitrogens with zero attached hydrogens (tertiary/aromatic N) is 1. The molecule has 24 heavy (non-hydrogen) atoms. The van der Waals surface area contributed by atoms with Crippen LogP contribution in [0.4, 0.5) is 0 Å². The second-order valence-electron chi connectivity index (χ2n) is 5.76. The third kappa shape index (κ3) is 3.01. The van der Waals surface area contributed by atoms with Crippen molar-refractivity contribution in [2.45, 2.75) is 26.1 Å². The number of halogens is 2. The van der Waals surface area contributed by atoms with Crippen LogP contribution in [-0.2, 0) is 6.42 Å². The van der Waals surface area contributed by atoms with Gasteiger partial charge in [0.2, 0.25) is 11.5 Å². The molecule has 0 N–H and O–H groups in total. The zero-order valence-electron chi connectivity index (χ0n) is 13.4.